The minimum absolute atomic E-state index is 0.00374. The molecule has 1 amide bonds. The number of likely N-dealkylation sites (N-methyl/N-ethyl adjacent to an activating group) is 1. The molecule has 0 aromatic carbocycles. The van der Waals surface area contributed by atoms with E-state index in [0.29, 0.717) is 37.0 Å². The predicted molar refractivity (Wildman–Crippen MR) is 139 cm³/mol. The van der Waals surface area contributed by atoms with Crippen molar-refractivity contribution in [2.45, 2.75) is 45.1 Å². The summed E-state index contributed by atoms with van der Waals surface area (Å²) in [5, 5.41) is 0.900. The first-order chi connectivity index (χ1) is 17.0. The molecule has 1 saturated carbocycles. The number of aliphatic imine (C=N–C) groups is 1. The van der Waals surface area contributed by atoms with E-state index in [1.54, 1.807) is 23.5 Å². The van der Waals surface area contributed by atoms with Crippen LogP contribution in [0, 0.1) is 12.8 Å². The van der Waals surface area contributed by atoms with Gasteiger partial charge in [-0.25, -0.2) is 9.37 Å². The maximum Gasteiger partial charge on any atom is 0.274 e. The highest BCUT2D eigenvalue weighted by molar-refractivity contribution is 7.13. The highest BCUT2D eigenvalue weighted by Crippen LogP contribution is 2.40. The third kappa shape index (κ3) is 4.27. The van der Waals surface area contributed by atoms with Crippen molar-refractivity contribution in [1.82, 2.24) is 14.8 Å². The largest absolute Gasteiger partial charge is 0.366 e. The Morgan fingerprint density at radius 3 is 2.97 bits per heavy atom. The molecule has 1 aromatic rings. The van der Waals surface area contributed by atoms with Crippen LogP contribution in [0.4, 0.5) is 4.39 Å². The summed E-state index contributed by atoms with van der Waals surface area (Å²) in [6.07, 6.45) is 18.1. The molecule has 35 heavy (non-hydrogen) atoms. The first-order valence-corrected chi connectivity index (χ1v) is 13.2. The van der Waals surface area contributed by atoms with Gasteiger partial charge in [0.05, 0.1) is 27.3 Å². The van der Waals surface area contributed by atoms with E-state index in [1.165, 1.54) is 18.4 Å². The van der Waals surface area contributed by atoms with Crippen LogP contribution in [0.3, 0.4) is 0 Å². The molecular formula is C28H29FN4OS. The van der Waals surface area contributed by atoms with Gasteiger partial charge >= 0.3 is 0 Å². The van der Waals surface area contributed by atoms with Gasteiger partial charge in [-0.1, -0.05) is 18.2 Å². The standard InChI is InChI=1S/C28H29FN4OS/c1-17-31-26(27(35-17)25-13-19-5-3-4-6-24(19)32(25)2)28(34)33(16-18-7-8-18)12-11-20-15-30-23-10-9-21(29)14-22(20)23/h3-5,9,13-15,18,24H,6-8,10-12,16H2,1-2H3. The molecule has 1 fully saturated rings. The first kappa shape index (κ1) is 22.4. The summed E-state index contributed by atoms with van der Waals surface area (Å²) in [6, 6.07) is 0.324. The van der Waals surface area contributed by atoms with E-state index in [4.69, 9.17) is 4.98 Å². The lowest BCUT2D eigenvalue weighted by molar-refractivity contribution is 0.0744. The van der Waals surface area contributed by atoms with Crippen molar-refractivity contribution >= 4 is 28.7 Å². The van der Waals surface area contributed by atoms with Crippen molar-refractivity contribution in [3.63, 3.8) is 0 Å². The van der Waals surface area contributed by atoms with E-state index >= 15 is 0 Å². The molecule has 0 N–H and O–H groups in total. The quantitative estimate of drug-likeness (QED) is 0.491. The molecule has 6 rings (SSSR count). The second-order valence-corrected chi connectivity index (χ2v) is 11.1. The van der Waals surface area contributed by atoms with Crippen LogP contribution in [0.2, 0.25) is 0 Å². The lowest BCUT2D eigenvalue weighted by Gasteiger charge is -2.27. The zero-order valence-corrected chi connectivity index (χ0v) is 20.9. The molecule has 180 valence electrons. The van der Waals surface area contributed by atoms with Crippen LogP contribution in [-0.4, -0.2) is 52.6 Å². The fraction of sp³-hybridized carbons (Fsp3) is 0.393. The van der Waals surface area contributed by atoms with Gasteiger partial charge in [0.15, 0.2) is 0 Å². The summed E-state index contributed by atoms with van der Waals surface area (Å²) >= 11 is 1.60. The number of aromatic nitrogens is 1. The SMILES string of the molecule is Cc1nc(C(=O)N(CCC2=CN=C3CC=C(F)C=C23)CC2CC2)c(C2=CC3=CC=CCC3N2C)s1. The summed E-state index contributed by atoms with van der Waals surface area (Å²) in [7, 11) is 2.11. The van der Waals surface area contributed by atoms with E-state index in [2.05, 4.69) is 41.2 Å². The molecule has 0 spiro atoms. The second-order valence-electron chi connectivity index (χ2n) is 9.92. The Morgan fingerprint density at radius 1 is 1.31 bits per heavy atom. The molecule has 1 atom stereocenters. The molecule has 3 heterocycles. The third-order valence-corrected chi connectivity index (χ3v) is 8.40. The van der Waals surface area contributed by atoms with Crippen molar-refractivity contribution in [2.75, 3.05) is 20.1 Å². The average molecular weight is 489 g/mol. The minimum atomic E-state index is -0.208. The van der Waals surface area contributed by atoms with Gasteiger partial charge in [-0.3, -0.25) is 9.79 Å². The van der Waals surface area contributed by atoms with Crippen molar-refractivity contribution in [3.05, 3.63) is 80.8 Å². The van der Waals surface area contributed by atoms with Crippen molar-refractivity contribution in [2.24, 2.45) is 10.9 Å². The van der Waals surface area contributed by atoms with Crippen LogP contribution >= 0.6 is 11.3 Å². The van der Waals surface area contributed by atoms with Gasteiger partial charge in [-0.2, -0.15) is 0 Å². The average Bonchev–Trinajstić information content (AvgIpc) is 3.32. The van der Waals surface area contributed by atoms with E-state index in [-0.39, 0.29) is 11.7 Å². The lowest BCUT2D eigenvalue weighted by atomic mass is 9.95. The van der Waals surface area contributed by atoms with Crippen molar-refractivity contribution < 1.29 is 9.18 Å². The first-order valence-electron chi connectivity index (χ1n) is 12.4. The second kappa shape index (κ2) is 8.86. The molecule has 0 bridgehead atoms. The molecule has 0 saturated heterocycles. The van der Waals surface area contributed by atoms with Gasteiger partial charge in [0.25, 0.3) is 5.91 Å². The Bertz CT molecular complexity index is 1300. The Balaban J connectivity index is 1.25. The summed E-state index contributed by atoms with van der Waals surface area (Å²) in [5.41, 5.74) is 5.73. The van der Waals surface area contributed by atoms with Crippen LogP contribution < -0.4 is 0 Å². The Kier molecular flexibility index (Phi) is 5.67. The molecule has 1 unspecified atom stereocenters. The van der Waals surface area contributed by atoms with Gasteiger partial charge in [0, 0.05) is 38.3 Å². The number of amides is 1. The monoisotopic (exact) mass is 488 g/mol. The van der Waals surface area contributed by atoms with Gasteiger partial charge in [-0.15, -0.1) is 11.3 Å². The van der Waals surface area contributed by atoms with E-state index in [0.717, 1.165) is 45.4 Å². The number of aryl methyl sites for hydroxylation is 1. The summed E-state index contributed by atoms with van der Waals surface area (Å²) in [6.45, 7) is 3.30. The van der Waals surface area contributed by atoms with Gasteiger partial charge in [-0.05, 0) is 67.9 Å². The van der Waals surface area contributed by atoms with Gasteiger partial charge in [0.2, 0.25) is 0 Å². The Hall–Kier alpha value is -3.06. The maximum atomic E-state index is 13.9. The molecule has 2 aliphatic heterocycles. The number of carbonyl (C=O) groups is 1. The Morgan fingerprint density at radius 2 is 2.17 bits per heavy atom. The van der Waals surface area contributed by atoms with Crippen molar-refractivity contribution in [3.8, 4) is 0 Å². The van der Waals surface area contributed by atoms with Crippen LogP contribution in [0.15, 0.2) is 70.2 Å². The summed E-state index contributed by atoms with van der Waals surface area (Å²) in [4.78, 5) is 28.3. The van der Waals surface area contributed by atoms with Gasteiger partial charge in [0.1, 0.15) is 11.5 Å². The van der Waals surface area contributed by atoms with Crippen LogP contribution in [0.25, 0.3) is 5.70 Å². The number of rotatable bonds is 7. The molecule has 7 heteroatoms. The number of halogens is 1. The van der Waals surface area contributed by atoms with Crippen LogP contribution in [0.1, 0.15) is 52.5 Å². The molecule has 1 aromatic heterocycles. The molecular weight excluding hydrogens is 459 g/mol. The minimum Gasteiger partial charge on any atom is -0.366 e. The maximum absolute atomic E-state index is 13.9. The summed E-state index contributed by atoms with van der Waals surface area (Å²) in [5.74, 6) is 0.351. The zero-order chi connectivity index (χ0) is 24.1. The molecule has 5 aliphatic rings. The summed E-state index contributed by atoms with van der Waals surface area (Å²) < 4.78 is 13.9. The normalized spacial score (nSPS) is 22.6. The highest BCUT2D eigenvalue weighted by Gasteiger charge is 2.35. The van der Waals surface area contributed by atoms with E-state index in [9.17, 15) is 9.18 Å². The number of thiazole rings is 1. The number of hydrogen-bond donors (Lipinski definition) is 0. The fourth-order valence-electron chi connectivity index (χ4n) is 5.26. The van der Waals surface area contributed by atoms with E-state index < -0.39 is 0 Å². The fourth-order valence-corrected chi connectivity index (χ4v) is 6.23. The number of carbonyl (C=O) groups excluding carboxylic acids is 1. The number of nitrogens with zero attached hydrogens (tertiary/aromatic N) is 4. The number of fused-ring (bicyclic) bond motifs is 2. The Labute approximate surface area is 209 Å². The molecule has 3 aliphatic carbocycles. The molecule has 0 radical (unpaired) electrons. The smallest absolute Gasteiger partial charge is 0.274 e. The molecule has 5 nitrogen and oxygen atoms in total. The lowest BCUT2D eigenvalue weighted by Crippen LogP contribution is -2.35. The van der Waals surface area contributed by atoms with Crippen LogP contribution in [0.5, 0.6) is 0 Å². The highest BCUT2D eigenvalue weighted by atomic mass is 32.1. The number of allylic oxidation sites excluding steroid dienone is 6. The van der Waals surface area contributed by atoms with Crippen molar-refractivity contribution in [1.29, 1.82) is 0 Å². The van der Waals surface area contributed by atoms with E-state index in [1.807, 2.05) is 18.0 Å². The van der Waals surface area contributed by atoms with Gasteiger partial charge < -0.3 is 9.80 Å². The zero-order valence-electron chi connectivity index (χ0n) is 20.1. The van der Waals surface area contributed by atoms with Crippen LogP contribution in [-0.2, 0) is 0 Å². The third-order valence-electron chi connectivity index (χ3n) is 7.41. The number of hydrogen-bond acceptors (Lipinski definition) is 5. The predicted octanol–water partition coefficient (Wildman–Crippen LogP) is 5.76. The topological polar surface area (TPSA) is 48.8 Å².